The van der Waals surface area contributed by atoms with Crippen LogP contribution in [0.2, 0.25) is 0 Å². The number of thioether (sulfide) groups is 1. The van der Waals surface area contributed by atoms with Gasteiger partial charge < -0.3 is 14.9 Å². The van der Waals surface area contributed by atoms with E-state index in [1.807, 2.05) is 45.2 Å². The van der Waals surface area contributed by atoms with E-state index in [1.54, 1.807) is 12.3 Å². The average Bonchev–Trinajstić information content (AvgIpc) is 2.62. The van der Waals surface area contributed by atoms with Crippen molar-refractivity contribution in [1.29, 1.82) is 0 Å². The van der Waals surface area contributed by atoms with Crippen LogP contribution < -0.4 is 10.1 Å². The lowest BCUT2D eigenvalue weighted by Gasteiger charge is -2.24. The SMILES string of the molecule is C=CCO/N=C\C(C)(C)NC(=O)C(Oc1cc(C)c2ncc(Br)cc2c1)SC. The molecule has 1 aromatic carbocycles. The standard InChI is InChI=1S/C20H24BrN3O3S/c1-6-7-26-23-12-20(3,4)24-18(25)19(28-5)27-16-8-13(2)17-14(10-16)9-15(21)11-22-17/h6,8-12,19H,1,7H2,2-5H3,(H,24,25)/b23-12-. The summed E-state index contributed by atoms with van der Waals surface area (Å²) in [5.41, 5.74) is 0.479. The zero-order chi connectivity index (χ0) is 20.7. The first-order chi connectivity index (χ1) is 13.3. The molecule has 2 rings (SSSR count). The van der Waals surface area contributed by atoms with Crippen LogP contribution in [0.5, 0.6) is 5.75 Å². The Hall–Kier alpha value is -2.06. The second-order valence-electron chi connectivity index (χ2n) is 6.68. The minimum absolute atomic E-state index is 0.252. The molecular formula is C20H24BrN3O3S. The number of halogens is 1. The highest BCUT2D eigenvalue weighted by atomic mass is 79.9. The Morgan fingerprint density at radius 2 is 2.21 bits per heavy atom. The van der Waals surface area contributed by atoms with Gasteiger partial charge in [-0.15, -0.1) is 11.8 Å². The maximum Gasteiger partial charge on any atom is 0.272 e. The number of ether oxygens (including phenoxy) is 1. The van der Waals surface area contributed by atoms with Crippen molar-refractivity contribution in [2.45, 2.75) is 31.7 Å². The first kappa shape index (κ1) is 22.2. The molecular weight excluding hydrogens is 442 g/mol. The smallest absolute Gasteiger partial charge is 0.272 e. The van der Waals surface area contributed by atoms with Crippen molar-refractivity contribution in [3.05, 3.63) is 47.1 Å². The summed E-state index contributed by atoms with van der Waals surface area (Å²) < 4.78 is 6.85. The maximum atomic E-state index is 12.7. The van der Waals surface area contributed by atoms with Crippen LogP contribution in [0.15, 0.2) is 46.7 Å². The van der Waals surface area contributed by atoms with E-state index >= 15 is 0 Å². The molecule has 0 saturated carbocycles. The summed E-state index contributed by atoms with van der Waals surface area (Å²) in [5.74, 6) is 0.359. The number of aryl methyl sites for hydroxylation is 1. The molecule has 0 fully saturated rings. The normalized spacial score (nSPS) is 12.8. The minimum atomic E-state index is -0.710. The maximum absolute atomic E-state index is 12.7. The molecule has 0 aliphatic carbocycles. The number of carbonyl (C=O) groups excluding carboxylic acids is 1. The molecule has 0 spiro atoms. The summed E-state index contributed by atoms with van der Waals surface area (Å²) in [4.78, 5) is 22.1. The topological polar surface area (TPSA) is 72.8 Å². The van der Waals surface area contributed by atoms with E-state index in [2.05, 4.69) is 38.0 Å². The second-order valence-corrected chi connectivity index (χ2v) is 8.50. The lowest BCUT2D eigenvalue weighted by atomic mass is 10.1. The van der Waals surface area contributed by atoms with Crippen molar-refractivity contribution in [3.8, 4) is 5.75 Å². The zero-order valence-corrected chi connectivity index (χ0v) is 18.8. The van der Waals surface area contributed by atoms with Crippen LogP contribution in [-0.2, 0) is 9.63 Å². The number of oxime groups is 1. The predicted octanol–water partition coefficient (Wildman–Crippen LogP) is 4.46. The third-order valence-electron chi connectivity index (χ3n) is 3.67. The summed E-state index contributed by atoms with van der Waals surface area (Å²) in [5, 5.41) is 7.69. The minimum Gasteiger partial charge on any atom is -0.470 e. The van der Waals surface area contributed by atoms with Gasteiger partial charge in [0, 0.05) is 16.1 Å². The van der Waals surface area contributed by atoms with Gasteiger partial charge in [-0.1, -0.05) is 17.8 Å². The molecule has 8 heteroatoms. The van der Waals surface area contributed by atoms with Gasteiger partial charge in [0.1, 0.15) is 12.4 Å². The molecule has 6 nitrogen and oxygen atoms in total. The van der Waals surface area contributed by atoms with Crippen molar-refractivity contribution >= 4 is 50.7 Å². The molecule has 1 atom stereocenters. The molecule has 150 valence electrons. The van der Waals surface area contributed by atoms with Gasteiger partial charge in [-0.05, 0) is 66.7 Å². The van der Waals surface area contributed by atoms with Crippen LogP contribution in [0.25, 0.3) is 10.9 Å². The number of rotatable bonds is 9. The summed E-state index contributed by atoms with van der Waals surface area (Å²) >= 11 is 4.74. The molecule has 1 heterocycles. The van der Waals surface area contributed by atoms with E-state index in [4.69, 9.17) is 9.57 Å². The molecule has 1 aromatic heterocycles. The number of hydrogen-bond acceptors (Lipinski definition) is 6. The molecule has 2 aromatic rings. The number of aromatic nitrogens is 1. The van der Waals surface area contributed by atoms with Crippen molar-refractivity contribution in [1.82, 2.24) is 10.3 Å². The summed E-state index contributed by atoms with van der Waals surface area (Å²) in [6, 6.07) is 5.74. The highest BCUT2D eigenvalue weighted by Crippen LogP contribution is 2.27. The number of amides is 1. The fourth-order valence-corrected chi connectivity index (χ4v) is 3.27. The Morgan fingerprint density at radius 3 is 2.89 bits per heavy atom. The summed E-state index contributed by atoms with van der Waals surface area (Å²) in [6.07, 6.45) is 6.72. The van der Waals surface area contributed by atoms with Gasteiger partial charge in [-0.25, -0.2) is 0 Å². The highest BCUT2D eigenvalue weighted by molar-refractivity contribution is 9.10. The van der Waals surface area contributed by atoms with Gasteiger partial charge in [0.2, 0.25) is 5.44 Å². The van der Waals surface area contributed by atoms with Crippen LogP contribution in [0.3, 0.4) is 0 Å². The predicted molar refractivity (Wildman–Crippen MR) is 119 cm³/mol. The van der Waals surface area contributed by atoms with Gasteiger partial charge in [0.15, 0.2) is 0 Å². The van der Waals surface area contributed by atoms with Crippen molar-refractivity contribution < 1.29 is 14.4 Å². The lowest BCUT2D eigenvalue weighted by molar-refractivity contribution is -0.125. The monoisotopic (exact) mass is 465 g/mol. The van der Waals surface area contributed by atoms with E-state index in [-0.39, 0.29) is 5.91 Å². The molecule has 1 N–H and O–H groups in total. The Labute approximate surface area is 177 Å². The van der Waals surface area contributed by atoms with Crippen molar-refractivity contribution in [2.24, 2.45) is 5.16 Å². The van der Waals surface area contributed by atoms with Gasteiger partial charge in [0.05, 0.1) is 17.3 Å². The number of hydrogen-bond donors (Lipinski definition) is 1. The quantitative estimate of drug-likeness (QED) is 0.194. The molecule has 0 radical (unpaired) electrons. The number of pyridine rings is 1. The zero-order valence-electron chi connectivity index (χ0n) is 16.4. The van der Waals surface area contributed by atoms with Crippen molar-refractivity contribution in [2.75, 3.05) is 12.9 Å². The second kappa shape index (κ2) is 9.93. The van der Waals surface area contributed by atoms with Gasteiger partial charge >= 0.3 is 0 Å². The Bertz CT molecular complexity index is 886. The third kappa shape index (κ3) is 6.24. The molecule has 0 bridgehead atoms. The Kier molecular flexibility index (Phi) is 7.88. The van der Waals surface area contributed by atoms with Crippen LogP contribution in [-0.4, -0.2) is 40.9 Å². The number of nitrogens with zero attached hydrogens (tertiary/aromatic N) is 2. The number of nitrogens with one attached hydrogen (secondary N) is 1. The van der Waals surface area contributed by atoms with E-state index in [9.17, 15) is 4.79 Å². The fourth-order valence-electron chi connectivity index (χ4n) is 2.44. The van der Waals surface area contributed by atoms with Gasteiger partial charge in [0.25, 0.3) is 5.91 Å². The molecule has 0 aliphatic rings. The average molecular weight is 466 g/mol. The Morgan fingerprint density at radius 1 is 1.46 bits per heavy atom. The van der Waals surface area contributed by atoms with E-state index < -0.39 is 11.0 Å². The molecule has 1 amide bonds. The highest BCUT2D eigenvalue weighted by Gasteiger charge is 2.26. The molecule has 0 aliphatic heterocycles. The molecule has 0 saturated heterocycles. The number of carbonyl (C=O) groups is 1. The number of benzene rings is 1. The third-order valence-corrected chi connectivity index (χ3v) is 4.84. The summed E-state index contributed by atoms with van der Waals surface area (Å²) in [7, 11) is 0. The van der Waals surface area contributed by atoms with E-state index in [0.717, 1.165) is 20.9 Å². The van der Waals surface area contributed by atoms with Crippen LogP contribution in [0.1, 0.15) is 19.4 Å². The Balaban J connectivity index is 2.12. The van der Waals surface area contributed by atoms with Gasteiger partial charge in [-0.3, -0.25) is 9.78 Å². The van der Waals surface area contributed by atoms with Gasteiger partial charge in [-0.2, -0.15) is 0 Å². The first-order valence-corrected chi connectivity index (χ1v) is 10.7. The molecule has 28 heavy (non-hydrogen) atoms. The number of fused-ring (bicyclic) bond motifs is 1. The fraction of sp³-hybridized carbons (Fsp3) is 0.350. The van der Waals surface area contributed by atoms with Crippen LogP contribution in [0.4, 0.5) is 0 Å². The lowest BCUT2D eigenvalue weighted by Crippen LogP contribution is -2.49. The largest absolute Gasteiger partial charge is 0.470 e. The summed E-state index contributed by atoms with van der Waals surface area (Å²) in [6.45, 7) is 9.48. The van der Waals surface area contributed by atoms with E-state index in [0.29, 0.717) is 12.4 Å². The van der Waals surface area contributed by atoms with Crippen molar-refractivity contribution in [3.63, 3.8) is 0 Å². The van der Waals surface area contributed by atoms with Crippen LogP contribution in [0, 0.1) is 6.92 Å². The molecule has 1 unspecified atom stereocenters. The first-order valence-electron chi connectivity index (χ1n) is 8.60. The van der Waals surface area contributed by atoms with E-state index in [1.165, 1.54) is 18.0 Å². The van der Waals surface area contributed by atoms with Crippen LogP contribution >= 0.6 is 27.7 Å².